The Morgan fingerprint density at radius 2 is 1.94 bits per heavy atom. The van der Waals surface area contributed by atoms with Crippen LogP contribution in [0.2, 0.25) is 0 Å². The van der Waals surface area contributed by atoms with Crippen LogP contribution in [0.5, 0.6) is 0 Å². The first-order chi connectivity index (χ1) is 14.8. The van der Waals surface area contributed by atoms with E-state index in [0.29, 0.717) is 35.6 Å². The lowest BCUT2D eigenvalue weighted by Crippen LogP contribution is -2.27. The predicted octanol–water partition coefficient (Wildman–Crippen LogP) is 4.64. The Hall–Kier alpha value is -2.64. The minimum Gasteiger partial charge on any atom is -0.379 e. The van der Waals surface area contributed by atoms with E-state index >= 15 is 0 Å². The number of fused-ring (bicyclic) bond motifs is 1. The van der Waals surface area contributed by atoms with E-state index in [1.807, 2.05) is 70.2 Å². The summed E-state index contributed by atoms with van der Waals surface area (Å²) in [4.78, 5) is 30.6. The number of nitrogens with zero attached hydrogens (tertiary/aromatic N) is 2. The lowest BCUT2D eigenvalue weighted by atomic mass is 10.2. The minimum atomic E-state index is -0.424. The molecule has 7 heteroatoms. The fourth-order valence-electron chi connectivity index (χ4n) is 3.15. The maximum absolute atomic E-state index is 13.1. The number of amides is 1. The molecule has 1 amide bonds. The Kier molecular flexibility index (Phi) is 7.87. The van der Waals surface area contributed by atoms with Gasteiger partial charge in [0, 0.05) is 18.8 Å². The Bertz CT molecular complexity index is 1110. The van der Waals surface area contributed by atoms with Gasteiger partial charge in [0.05, 0.1) is 22.3 Å². The zero-order valence-corrected chi connectivity index (χ0v) is 19.2. The van der Waals surface area contributed by atoms with Crippen molar-refractivity contribution in [1.29, 1.82) is 0 Å². The molecule has 0 aliphatic rings. The average molecular weight is 440 g/mol. The van der Waals surface area contributed by atoms with Crippen LogP contribution in [-0.2, 0) is 16.1 Å². The van der Waals surface area contributed by atoms with Gasteiger partial charge in [-0.3, -0.25) is 14.2 Å². The summed E-state index contributed by atoms with van der Waals surface area (Å²) in [6, 6.07) is 15.0. The maximum Gasteiger partial charge on any atom is 0.262 e. The number of hydrogen-bond acceptors (Lipinski definition) is 5. The Morgan fingerprint density at radius 1 is 1.16 bits per heavy atom. The smallest absolute Gasteiger partial charge is 0.262 e. The first kappa shape index (κ1) is 23.0. The van der Waals surface area contributed by atoms with Gasteiger partial charge in [-0.05, 0) is 63.9 Å². The number of para-hydroxylation sites is 1. The highest BCUT2D eigenvalue weighted by Crippen LogP contribution is 2.24. The van der Waals surface area contributed by atoms with Gasteiger partial charge >= 0.3 is 0 Å². The number of benzene rings is 2. The molecule has 0 saturated heterocycles. The van der Waals surface area contributed by atoms with Crippen LogP contribution in [0.15, 0.2) is 58.5 Å². The third-order valence-corrected chi connectivity index (χ3v) is 5.83. The standard InChI is InChI=1S/C24H29N3O3S/c1-16(2)30-14-8-13-27-23(29)20-11-5-6-12-21(20)26-24(27)31-18(4)22(28)25-19-10-7-9-17(3)15-19/h5-7,9-12,15-16,18H,8,13-14H2,1-4H3,(H,25,28). The number of anilines is 1. The monoisotopic (exact) mass is 439 g/mol. The number of carbonyl (C=O) groups is 1. The van der Waals surface area contributed by atoms with Crippen LogP contribution in [-0.4, -0.2) is 33.4 Å². The highest BCUT2D eigenvalue weighted by atomic mass is 32.2. The molecule has 31 heavy (non-hydrogen) atoms. The summed E-state index contributed by atoms with van der Waals surface area (Å²) in [7, 11) is 0. The molecule has 1 unspecified atom stereocenters. The molecule has 1 aromatic heterocycles. The van der Waals surface area contributed by atoms with Gasteiger partial charge in [0.25, 0.3) is 5.56 Å². The van der Waals surface area contributed by atoms with Gasteiger partial charge < -0.3 is 10.1 Å². The van der Waals surface area contributed by atoms with Crippen molar-refractivity contribution in [2.45, 2.75) is 57.2 Å². The molecule has 1 heterocycles. The molecule has 0 saturated carbocycles. The summed E-state index contributed by atoms with van der Waals surface area (Å²) in [5.41, 5.74) is 2.37. The summed E-state index contributed by atoms with van der Waals surface area (Å²) in [5.74, 6) is -0.132. The normalized spacial score (nSPS) is 12.3. The molecule has 0 spiro atoms. The Morgan fingerprint density at radius 3 is 2.68 bits per heavy atom. The molecule has 2 aromatic carbocycles. The molecule has 0 aliphatic carbocycles. The second-order valence-electron chi connectivity index (χ2n) is 7.76. The second-order valence-corrected chi connectivity index (χ2v) is 9.07. The predicted molar refractivity (Wildman–Crippen MR) is 127 cm³/mol. The van der Waals surface area contributed by atoms with Gasteiger partial charge in [0.2, 0.25) is 5.91 Å². The van der Waals surface area contributed by atoms with Gasteiger partial charge in [-0.15, -0.1) is 0 Å². The number of hydrogen-bond donors (Lipinski definition) is 1. The zero-order valence-electron chi connectivity index (χ0n) is 18.4. The Balaban J connectivity index is 1.82. The van der Waals surface area contributed by atoms with E-state index in [1.165, 1.54) is 11.8 Å². The number of aryl methyl sites for hydroxylation is 1. The van der Waals surface area contributed by atoms with E-state index < -0.39 is 5.25 Å². The molecule has 1 N–H and O–H groups in total. The Labute approximate surface area is 187 Å². The minimum absolute atomic E-state index is 0.0936. The van der Waals surface area contributed by atoms with Gasteiger partial charge in [-0.1, -0.05) is 36.0 Å². The molecule has 3 aromatic rings. The summed E-state index contributed by atoms with van der Waals surface area (Å²) in [5, 5.41) is 3.64. The molecule has 0 bridgehead atoms. The summed E-state index contributed by atoms with van der Waals surface area (Å²) in [6.07, 6.45) is 0.834. The van der Waals surface area contributed by atoms with Crippen LogP contribution in [0.4, 0.5) is 5.69 Å². The molecule has 0 aliphatic heterocycles. The molecule has 0 radical (unpaired) electrons. The molecule has 0 fully saturated rings. The first-order valence-electron chi connectivity index (χ1n) is 10.5. The van der Waals surface area contributed by atoms with Gasteiger partial charge in [-0.25, -0.2) is 4.98 Å². The van der Waals surface area contributed by atoms with Crippen molar-refractivity contribution < 1.29 is 9.53 Å². The van der Waals surface area contributed by atoms with Crippen molar-refractivity contribution in [3.63, 3.8) is 0 Å². The van der Waals surface area contributed by atoms with E-state index in [2.05, 4.69) is 5.32 Å². The zero-order chi connectivity index (χ0) is 22.4. The van der Waals surface area contributed by atoms with Crippen molar-refractivity contribution in [1.82, 2.24) is 9.55 Å². The summed E-state index contributed by atoms with van der Waals surface area (Å²) in [6.45, 7) is 8.82. The average Bonchev–Trinajstić information content (AvgIpc) is 2.72. The van der Waals surface area contributed by atoms with Crippen molar-refractivity contribution in [2.24, 2.45) is 0 Å². The van der Waals surface area contributed by atoms with Gasteiger partial charge in [0.15, 0.2) is 5.16 Å². The third-order valence-electron chi connectivity index (χ3n) is 4.74. The van der Waals surface area contributed by atoms with Crippen molar-refractivity contribution in [3.05, 3.63) is 64.4 Å². The largest absolute Gasteiger partial charge is 0.379 e. The highest BCUT2D eigenvalue weighted by Gasteiger charge is 2.19. The van der Waals surface area contributed by atoms with Crippen molar-refractivity contribution >= 4 is 34.3 Å². The lowest BCUT2D eigenvalue weighted by molar-refractivity contribution is -0.115. The lowest BCUT2D eigenvalue weighted by Gasteiger charge is -2.17. The number of thioether (sulfide) groups is 1. The van der Waals surface area contributed by atoms with Gasteiger partial charge in [0.1, 0.15) is 0 Å². The van der Waals surface area contributed by atoms with Crippen molar-refractivity contribution in [3.8, 4) is 0 Å². The van der Waals surface area contributed by atoms with Crippen molar-refractivity contribution in [2.75, 3.05) is 11.9 Å². The van der Waals surface area contributed by atoms with Gasteiger partial charge in [-0.2, -0.15) is 0 Å². The first-order valence-corrected chi connectivity index (χ1v) is 11.4. The molecular weight excluding hydrogens is 410 g/mol. The molecular formula is C24H29N3O3S. The fourth-order valence-corrected chi connectivity index (χ4v) is 4.09. The number of nitrogens with one attached hydrogen (secondary N) is 1. The van der Waals surface area contributed by atoms with Crippen LogP contribution < -0.4 is 10.9 Å². The summed E-state index contributed by atoms with van der Waals surface area (Å²) < 4.78 is 7.28. The van der Waals surface area contributed by atoms with E-state index in [9.17, 15) is 9.59 Å². The topological polar surface area (TPSA) is 73.2 Å². The van der Waals surface area contributed by atoms with Crippen LogP contribution >= 0.6 is 11.8 Å². The fraction of sp³-hybridized carbons (Fsp3) is 0.375. The second kappa shape index (κ2) is 10.6. The van der Waals surface area contributed by atoms with Crippen LogP contribution in [0.25, 0.3) is 10.9 Å². The van der Waals surface area contributed by atoms with Crippen LogP contribution in [0.1, 0.15) is 32.8 Å². The molecule has 6 nitrogen and oxygen atoms in total. The third kappa shape index (κ3) is 6.18. The number of carbonyl (C=O) groups excluding carboxylic acids is 1. The highest BCUT2D eigenvalue weighted by molar-refractivity contribution is 8.00. The summed E-state index contributed by atoms with van der Waals surface area (Å²) >= 11 is 1.29. The quantitative estimate of drug-likeness (QED) is 0.299. The number of aromatic nitrogens is 2. The maximum atomic E-state index is 13.1. The van der Waals surface area contributed by atoms with E-state index in [0.717, 1.165) is 11.3 Å². The number of rotatable bonds is 9. The molecule has 3 rings (SSSR count). The van der Waals surface area contributed by atoms with E-state index in [-0.39, 0.29) is 17.6 Å². The number of ether oxygens (including phenoxy) is 1. The SMILES string of the molecule is Cc1cccc(NC(=O)C(C)Sc2nc3ccccc3c(=O)n2CCCOC(C)C)c1. The van der Waals surface area contributed by atoms with E-state index in [1.54, 1.807) is 10.6 Å². The molecule has 164 valence electrons. The van der Waals surface area contributed by atoms with Crippen LogP contribution in [0.3, 0.4) is 0 Å². The van der Waals surface area contributed by atoms with Crippen LogP contribution in [0, 0.1) is 6.92 Å². The van der Waals surface area contributed by atoms with E-state index in [4.69, 9.17) is 9.72 Å². The molecule has 1 atom stereocenters.